The van der Waals surface area contributed by atoms with Gasteiger partial charge in [-0.2, -0.15) is 0 Å². The van der Waals surface area contributed by atoms with E-state index in [9.17, 15) is 4.39 Å². The van der Waals surface area contributed by atoms with Crippen molar-refractivity contribution < 1.29 is 9.13 Å². The number of benzene rings is 1. The zero-order valence-corrected chi connectivity index (χ0v) is 13.8. The number of methoxy groups -OCH3 is 1. The molecule has 1 rings (SSSR count). The molecule has 0 fully saturated rings. The van der Waals surface area contributed by atoms with Gasteiger partial charge in [0.15, 0.2) is 5.96 Å². The second-order valence-electron chi connectivity index (χ2n) is 3.93. The Morgan fingerprint density at radius 2 is 2.11 bits per heavy atom. The minimum Gasteiger partial charge on any atom is -0.383 e. The molecular weight excluding hydrogens is 360 g/mol. The van der Waals surface area contributed by atoms with Gasteiger partial charge >= 0.3 is 0 Å². The fourth-order valence-electron chi connectivity index (χ4n) is 1.49. The van der Waals surface area contributed by atoms with E-state index in [4.69, 9.17) is 4.74 Å². The van der Waals surface area contributed by atoms with E-state index < -0.39 is 0 Å². The predicted octanol–water partition coefficient (Wildman–Crippen LogP) is 2.06. The van der Waals surface area contributed by atoms with Crippen LogP contribution in [0.25, 0.3) is 0 Å². The number of guanidine groups is 1. The van der Waals surface area contributed by atoms with Crippen LogP contribution in [0, 0.1) is 12.7 Å². The molecule has 0 radical (unpaired) electrons. The highest BCUT2D eigenvalue weighted by molar-refractivity contribution is 14.0. The normalized spacial score (nSPS) is 10.8. The largest absolute Gasteiger partial charge is 0.383 e. The van der Waals surface area contributed by atoms with Crippen molar-refractivity contribution in [3.63, 3.8) is 0 Å². The maximum atomic E-state index is 13.1. The van der Waals surface area contributed by atoms with Gasteiger partial charge in [0.25, 0.3) is 0 Å². The van der Waals surface area contributed by atoms with Crippen LogP contribution in [0.1, 0.15) is 11.1 Å². The fraction of sp³-hybridized carbons (Fsp3) is 0.462. The van der Waals surface area contributed by atoms with Crippen molar-refractivity contribution in [1.29, 1.82) is 0 Å². The van der Waals surface area contributed by atoms with Crippen LogP contribution in [-0.2, 0) is 11.3 Å². The first kappa shape index (κ1) is 18.1. The highest BCUT2D eigenvalue weighted by atomic mass is 127. The van der Waals surface area contributed by atoms with Crippen molar-refractivity contribution in [3.8, 4) is 0 Å². The number of aryl methyl sites for hydroxylation is 1. The van der Waals surface area contributed by atoms with E-state index in [1.165, 1.54) is 6.07 Å². The van der Waals surface area contributed by atoms with E-state index in [0.29, 0.717) is 31.2 Å². The molecule has 6 heteroatoms. The number of hydrogen-bond acceptors (Lipinski definition) is 2. The lowest BCUT2D eigenvalue weighted by Crippen LogP contribution is -2.38. The molecule has 1 aromatic carbocycles. The molecule has 0 amide bonds. The third-order valence-corrected chi connectivity index (χ3v) is 2.50. The number of ether oxygens (including phenoxy) is 1. The first-order valence-corrected chi connectivity index (χ1v) is 5.86. The van der Waals surface area contributed by atoms with Gasteiger partial charge in [-0.25, -0.2) is 4.39 Å². The van der Waals surface area contributed by atoms with Gasteiger partial charge in [-0.1, -0.05) is 12.1 Å². The maximum absolute atomic E-state index is 13.1. The van der Waals surface area contributed by atoms with Crippen LogP contribution < -0.4 is 10.6 Å². The molecule has 108 valence electrons. The first-order chi connectivity index (χ1) is 8.67. The maximum Gasteiger partial charge on any atom is 0.191 e. The van der Waals surface area contributed by atoms with Gasteiger partial charge in [0.05, 0.1) is 6.61 Å². The molecule has 0 heterocycles. The zero-order valence-electron chi connectivity index (χ0n) is 11.5. The Labute approximate surface area is 130 Å². The summed E-state index contributed by atoms with van der Waals surface area (Å²) >= 11 is 0. The summed E-state index contributed by atoms with van der Waals surface area (Å²) in [5.41, 5.74) is 1.67. The highest BCUT2D eigenvalue weighted by Gasteiger charge is 2.00. The molecule has 2 N–H and O–H groups in total. The minimum atomic E-state index is -0.179. The van der Waals surface area contributed by atoms with Crippen LogP contribution >= 0.6 is 24.0 Å². The standard InChI is InChI=1S/C13H20FN3O.HI/c1-10-8-11(4-5-12(10)14)9-17-13(15-2)16-6-7-18-3;/h4-5,8H,6-7,9H2,1-3H3,(H2,15,16,17);1H. The summed E-state index contributed by atoms with van der Waals surface area (Å²) in [6, 6.07) is 5.07. The van der Waals surface area contributed by atoms with Crippen molar-refractivity contribution >= 4 is 29.9 Å². The number of rotatable bonds is 5. The number of nitrogens with one attached hydrogen (secondary N) is 2. The Morgan fingerprint density at radius 3 is 2.68 bits per heavy atom. The smallest absolute Gasteiger partial charge is 0.191 e. The van der Waals surface area contributed by atoms with Crippen molar-refractivity contribution in [2.24, 2.45) is 4.99 Å². The number of nitrogens with zero attached hydrogens (tertiary/aromatic N) is 1. The van der Waals surface area contributed by atoms with Crippen LogP contribution in [0.3, 0.4) is 0 Å². The SMILES string of the molecule is CN=C(NCCOC)NCc1ccc(F)c(C)c1.I. The third kappa shape index (κ3) is 6.72. The quantitative estimate of drug-likeness (QED) is 0.355. The topological polar surface area (TPSA) is 45.7 Å². The number of hydrogen-bond donors (Lipinski definition) is 2. The third-order valence-electron chi connectivity index (χ3n) is 2.50. The van der Waals surface area contributed by atoms with Crippen LogP contribution in [0.15, 0.2) is 23.2 Å². The lowest BCUT2D eigenvalue weighted by molar-refractivity contribution is 0.203. The Kier molecular flexibility index (Phi) is 9.50. The molecule has 0 spiro atoms. The average Bonchev–Trinajstić information content (AvgIpc) is 2.37. The Morgan fingerprint density at radius 1 is 1.37 bits per heavy atom. The van der Waals surface area contributed by atoms with Crippen molar-refractivity contribution in [2.75, 3.05) is 27.3 Å². The molecule has 0 aromatic heterocycles. The number of halogens is 2. The zero-order chi connectivity index (χ0) is 13.4. The Bertz CT molecular complexity index is 413. The highest BCUT2D eigenvalue weighted by Crippen LogP contribution is 2.08. The fourth-order valence-corrected chi connectivity index (χ4v) is 1.49. The summed E-state index contributed by atoms with van der Waals surface area (Å²) in [6.45, 7) is 3.67. The van der Waals surface area contributed by atoms with E-state index in [1.54, 1.807) is 27.1 Å². The van der Waals surface area contributed by atoms with Crippen molar-refractivity contribution in [2.45, 2.75) is 13.5 Å². The molecule has 0 aliphatic carbocycles. The van der Waals surface area contributed by atoms with Gasteiger partial charge < -0.3 is 15.4 Å². The lowest BCUT2D eigenvalue weighted by atomic mass is 10.1. The van der Waals surface area contributed by atoms with Gasteiger partial charge in [0.2, 0.25) is 0 Å². The van der Waals surface area contributed by atoms with E-state index in [0.717, 1.165) is 5.56 Å². The molecule has 0 aliphatic heterocycles. The van der Waals surface area contributed by atoms with Gasteiger partial charge in [-0.05, 0) is 24.1 Å². The van der Waals surface area contributed by atoms with E-state index in [2.05, 4.69) is 15.6 Å². The van der Waals surface area contributed by atoms with Gasteiger partial charge in [-0.3, -0.25) is 4.99 Å². The molecule has 0 bridgehead atoms. The molecule has 0 saturated heterocycles. The van der Waals surface area contributed by atoms with E-state index in [1.807, 2.05) is 6.07 Å². The van der Waals surface area contributed by atoms with E-state index in [-0.39, 0.29) is 29.8 Å². The van der Waals surface area contributed by atoms with Gasteiger partial charge in [-0.15, -0.1) is 24.0 Å². The molecule has 0 atom stereocenters. The van der Waals surface area contributed by atoms with Crippen molar-refractivity contribution in [3.05, 3.63) is 35.1 Å². The van der Waals surface area contributed by atoms with Crippen molar-refractivity contribution in [1.82, 2.24) is 10.6 Å². The molecule has 0 aliphatic rings. The van der Waals surface area contributed by atoms with Crippen LogP contribution in [-0.4, -0.2) is 33.3 Å². The van der Waals surface area contributed by atoms with Gasteiger partial charge in [0, 0.05) is 27.2 Å². The van der Waals surface area contributed by atoms with Crippen LogP contribution in [0.2, 0.25) is 0 Å². The summed E-state index contributed by atoms with van der Waals surface area (Å²) in [5, 5.41) is 6.26. The van der Waals surface area contributed by atoms with Crippen LogP contribution in [0.4, 0.5) is 4.39 Å². The average molecular weight is 381 g/mol. The van der Waals surface area contributed by atoms with Gasteiger partial charge in [0.1, 0.15) is 5.82 Å². The minimum absolute atomic E-state index is 0. The summed E-state index contributed by atoms with van der Waals surface area (Å²) in [7, 11) is 3.36. The summed E-state index contributed by atoms with van der Waals surface area (Å²) < 4.78 is 18.0. The molecule has 0 saturated carbocycles. The predicted molar refractivity (Wildman–Crippen MR) is 86.6 cm³/mol. The first-order valence-electron chi connectivity index (χ1n) is 5.86. The lowest BCUT2D eigenvalue weighted by Gasteiger charge is -2.12. The second kappa shape index (κ2) is 9.96. The van der Waals surface area contributed by atoms with E-state index >= 15 is 0 Å². The second-order valence-corrected chi connectivity index (χ2v) is 3.93. The molecule has 4 nitrogen and oxygen atoms in total. The van der Waals surface area contributed by atoms with Crippen LogP contribution in [0.5, 0.6) is 0 Å². The molecular formula is C13H21FIN3O. The monoisotopic (exact) mass is 381 g/mol. The molecule has 1 aromatic rings. The summed E-state index contributed by atoms with van der Waals surface area (Å²) in [6.07, 6.45) is 0. The Hall–Kier alpha value is -0.890. The summed E-state index contributed by atoms with van der Waals surface area (Å²) in [4.78, 5) is 4.08. The molecule has 0 unspecified atom stereocenters. The molecule has 19 heavy (non-hydrogen) atoms. The number of aliphatic imine (C=N–C) groups is 1. The summed E-state index contributed by atoms with van der Waals surface area (Å²) in [5.74, 6) is 0.523. The Balaban J connectivity index is 0.00000324.